The van der Waals surface area contributed by atoms with Crippen LogP contribution in [0.25, 0.3) is 0 Å². The van der Waals surface area contributed by atoms with Crippen LogP contribution in [0, 0.1) is 6.92 Å². The standard InChI is InChI=1S/C25H34N2O/c1-3-12-23-16-11-13-21(2)25(23)26-24(28)20-27(17-9-4-5-10-18-27)19-22-14-7-6-8-15-22/h6-8,11,13-16H,3-5,9-10,12,17-20H2,1-2H3/p+1. The molecule has 0 bridgehead atoms. The van der Waals surface area contributed by atoms with E-state index in [4.69, 9.17) is 0 Å². The number of nitrogens with zero attached hydrogens (tertiary/aromatic N) is 1. The number of carbonyl (C=O) groups excluding carboxylic acids is 1. The second kappa shape index (κ2) is 9.88. The Balaban J connectivity index is 1.78. The summed E-state index contributed by atoms with van der Waals surface area (Å²) in [5, 5.41) is 3.29. The maximum absolute atomic E-state index is 13.2. The topological polar surface area (TPSA) is 29.1 Å². The van der Waals surface area contributed by atoms with Gasteiger partial charge in [-0.2, -0.15) is 0 Å². The number of nitrogens with one attached hydrogen (secondary N) is 1. The molecule has 3 rings (SSSR count). The highest BCUT2D eigenvalue weighted by molar-refractivity contribution is 5.93. The van der Waals surface area contributed by atoms with Crippen molar-refractivity contribution in [1.29, 1.82) is 0 Å². The molecule has 0 saturated carbocycles. The van der Waals surface area contributed by atoms with E-state index in [1.807, 2.05) is 0 Å². The lowest BCUT2D eigenvalue weighted by Gasteiger charge is -2.37. The molecule has 2 aromatic rings. The molecule has 1 aliphatic rings. The van der Waals surface area contributed by atoms with Crippen LogP contribution in [0.5, 0.6) is 0 Å². The van der Waals surface area contributed by atoms with E-state index in [0.717, 1.165) is 48.2 Å². The number of amides is 1. The van der Waals surface area contributed by atoms with Crippen LogP contribution >= 0.6 is 0 Å². The Bertz CT molecular complexity index is 761. The van der Waals surface area contributed by atoms with E-state index in [-0.39, 0.29) is 5.91 Å². The maximum Gasteiger partial charge on any atom is 0.279 e. The number of carbonyl (C=O) groups is 1. The second-order valence-corrected chi connectivity index (χ2v) is 8.41. The van der Waals surface area contributed by atoms with Crippen molar-refractivity contribution in [2.75, 3.05) is 25.0 Å². The molecule has 3 heteroatoms. The average Bonchev–Trinajstić information content (AvgIpc) is 2.91. The van der Waals surface area contributed by atoms with Crippen molar-refractivity contribution >= 4 is 11.6 Å². The molecule has 0 aromatic heterocycles. The number of anilines is 1. The molecule has 3 nitrogen and oxygen atoms in total. The van der Waals surface area contributed by atoms with Crippen molar-refractivity contribution in [2.45, 2.75) is 58.9 Å². The van der Waals surface area contributed by atoms with Crippen molar-refractivity contribution in [1.82, 2.24) is 0 Å². The first-order chi connectivity index (χ1) is 13.6. The first-order valence-electron chi connectivity index (χ1n) is 10.9. The lowest BCUT2D eigenvalue weighted by molar-refractivity contribution is -0.932. The molecule has 0 radical (unpaired) electrons. The second-order valence-electron chi connectivity index (χ2n) is 8.41. The molecule has 0 unspecified atom stereocenters. The number of likely N-dealkylation sites (tertiary alicyclic amines) is 1. The van der Waals surface area contributed by atoms with Crippen LogP contribution in [0.1, 0.15) is 55.7 Å². The Labute approximate surface area is 170 Å². The van der Waals surface area contributed by atoms with Crippen molar-refractivity contribution in [3.63, 3.8) is 0 Å². The van der Waals surface area contributed by atoms with Gasteiger partial charge in [0.1, 0.15) is 6.54 Å². The summed E-state index contributed by atoms with van der Waals surface area (Å²) < 4.78 is 0.880. The normalized spacial score (nSPS) is 16.4. The van der Waals surface area contributed by atoms with Crippen LogP contribution in [-0.4, -0.2) is 30.0 Å². The summed E-state index contributed by atoms with van der Waals surface area (Å²) >= 11 is 0. The molecule has 2 aromatic carbocycles. The molecule has 150 valence electrons. The molecule has 0 aliphatic carbocycles. The lowest BCUT2D eigenvalue weighted by Crippen LogP contribution is -2.52. The lowest BCUT2D eigenvalue weighted by atomic mass is 10.0. The summed E-state index contributed by atoms with van der Waals surface area (Å²) in [7, 11) is 0. The van der Waals surface area contributed by atoms with Gasteiger partial charge >= 0.3 is 0 Å². The third kappa shape index (κ3) is 5.45. The van der Waals surface area contributed by atoms with Gasteiger partial charge in [-0.1, -0.05) is 61.9 Å². The molecule has 1 N–H and O–H groups in total. The monoisotopic (exact) mass is 379 g/mol. The molecule has 1 aliphatic heterocycles. The van der Waals surface area contributed by atoms with Gasteiger partial charge in [0.2, 0.25) is 0 Å². The van der Waals surface area contributed by atoms with E-state index < -0.39 is 0 Å². The summed E-state index contributed by atoms with van der Waals surface area (Å²) in [4.78, 5) is 13.2. The fourth-order valence-corrected chi connectivity index (χ4v) is 4.57. The minimum atomic E-state index is 0.157. The zero-order chi connectivity index (χ0) is 19.8. The highest BCUT2D eigenvalue weighted by atomic mass is 16.2. The van der Waals surface area contributed by atoms with Gasteiger partial charge in [0.15, 0.2) is 6.54 Å². The van der Waals surface area contributed by atoms with E-state index in [9.17, 15) is 4.79 Å². The predicted molar refractivity (Wildman–Crippen MR) is 117 cm³/mol. The Morgan fingerprint density at radius 2 is 1.68 bits per heavy atom. The molecule has 1 fully saturated rings. The Kier molecular flexibility index (Phi) is 7.27. The molecular weight excluding hydrogens is 344 g/mol. The van der Waals surface area contributed by atoms with Gasteiger partial charge in [0.25, 0.3) is 5.91 Å². The fourth-order valence-electron chi connectivity index (χ4n) is 4.57. The third-order valence-corrected chi connectivity index (χ3v) is 6.00. The summed E-state index contributed by atoms with van der Waals surface area (Å²) in [6, 6.07) is 17.0. The predicted octanol–water partition coefficient (Wildman–Crippen LogP) is 5.48. The van der Waals surface area contributed by atoms with E-state index in [1.54, 1.807) is 0 Å². The van der Waals surface area contributed by atoms with Crippen molar-refractivity contribution in [3.8, 4) is 0 Å². The first kappa shape index (κ1) is 20.6. The summed E-state index contributed by atoms with van der Waals surface area (Å²) in [5.41, 5.74) is 4.77. The highest BCUT2D eigenvalue weighted by Crippen LogP contribution is 2.25. The van der Waals surface area contributed by atoms with Crippen LogP contribution in [0.3, 0.4) is 0 Å². The first-order valence-corrected chi connectivity index (χ1v) is 10.9. The van der Waals surface area contributed by atoms with Crippen molar-refractivity contribution in [3.05, 3.63) is 65.2 Å². The smallest absolute Gasteiger partial charge is 0.279 e. The van der Waals surface area contributed by atoms with Crippen LogP contribution in [0.15, 0.2) is 48.5 Å². The Morgan fingerprint density at radius 3 is 2.36 bits per heavy atom. The van der Waals surface area contributed by atoms with Crippen LogP contribution in [-0.2, 0) is 17.8 Å². The molecule has 1 saturated heterocycles. The minimum Gasteiger partial charge on any atom is -0.321 e. The fraction of sp³-hybridized carbons (Fsp3) is 0.480. The number of hydrogen-bond donors (Lipinski definition) is 1. The quantitative estimate of drug-likeness (QED) is 0.634. The summed E-state index contributed by atoms with van der Waals surface area (Å²) in [6.07, 6.45) is 7.09. The Hall–Kier alpha value is -2.13. The molecule has 0 atom stereocenters. The van der Waals surface area contributed by atoms with Gasteiger partial charge in [0, 0.05) is 11.3 Å². The summed E-state index contributed by atoms with van der Waals surface area (Å²) in [5.74, 6) is 0.157. The molecule has 0 spiro atoms. The average molecular weight is 380 g/mol. The zero-order valence-corrected chi connectivity index (χ0v) is 17.5. The van der Waals surface area contributed by atoms with Crippen LogP contribution < -0.4 is 5.32 Å². The number of benzene rings is 2. The zero-order valence-electron chi connectivity index (χ0n) is 17.5. The number of quaternary nitrogens is 1. The van der Waals surface area contributed by atoms with Gasteiger partial charge in [-0.25, -0.2) is 0 Å². The minimum absolute atomic E-state index is 0.157. The molecule has 1 heterocycles. The number of hydrogen-bond acceptors (Lipinski definition) is 1. The number of aryl methyl sites for hydroxylation is 2. The van der Waals surface area contributed by atoms with E-state index in [1.165, 1.54) is 36.8 Å². The van der Waals surface area contributed by atoms with Crippen LogP contribution in [0.2, 0.25) is 0 Å². The van der Waals surface area contributed by atoms with Gasteiger partial charge < -0.3 is 9.80 Å². The van der Waals surface area contributed by atoms with Crippen LogP contribution in [0.4, 0.5) is 5.69 Å². The molecular formula is C25H35N2O+. The number of para-hydroxylation sites is 1. The molecule has 1 amide bonds. The highest BCUT2D eigenvalue weighted by Gasteiger charge is 2.32. The maximum atomic E-state index is 13.2. The SMILES string of the molecule is CCCc1cccc(C)c1NC(=O)C[N+]1(Cc2ccccc2)CCCCCC1. The van der Waals surface area contributed by atoms with E-state index in [2.05, 4.69) is 67.7 Å². The third-order valence-electron chi connectivity index (χ3n) is 6.00. The Morgan fingerprint density at radius 1 is 0.964 bits per heavy atom. The van der Waals surface area contributed by atoms with Gasteiger partial charge in [-0.15, -0.1) is 0 Å². The van der Waals surface area contributed by atoms with Gasteiger partial charge in [-0.05, 0) is 50.2 Å². The number of rotatable bonds is 7. The van der Waals surface area contributed by atoms with Gasteiger partial charge in [-0.3, -0.25) is 4.79 Å². The largest absolute Gasteiger partial charge is 0.321 e. The van der Waals surface area contributed by atoms with E-state index in [0.29, 0.717) is 6.54 Å². The van der Waals surface area contributed by atoms with Crippen molar-refractivity contribution < 1.29 is 9.28 Å². The summed E-state index contributed by atoms with van der Waals surface area (Å²) in [6.45, 7) is 7.98. The van der Waals surface area contributed by atoms with Crippen molar-refractivity contribution in [2.24, 2.45) is 0 Å². The molecule has 28 heavy (non-hydrogen) atoms. The van der Waals surface area contributed by atoms with Gasteiger partial charge in [0.05, 0.1) is 13.1 Å². The van der Waals surface area contributed by atoms with E-state index >= 15 is 0 Å².